The quantitative estimate of drug-likeness (QED) is 0.738. The number of aryl methyl sites for hydroxylation is 1. The predicted molar refractivity (Wildman–Crippen MR) is 60.5 cm³/mol. The summed E-state index contributed by atoms with van der Waals surface area (Å²) in [6, 6.07) is 2.07. The lowest BCUT2D eigenvalue weighted by atomic mass is 10.3. The first-order valence-electron chi connectivity index (χ1n) is 5.27. The Labute approximate surface area is 90.0 Å². The highest BCUT2D eigenvalue weighted by Gasteiger charge is 2.11. The fraction of sp³-hybridized carbons (Fsp3) is 0.333. The number of ether oxygens (including phenoxy) is 1. The van der Waals surface area contributed by atoms with Crippen LogP contribution < -0.4 is 10.1 Å². The molecule has 0 saturated heterocycles. The Balaban J connectivity index is 2.31. The molecule has 0 saturated carbocycles. The summed E-state index contributed by atoms with van der Waals surface area (Å²) in [6.07, 6.45) is 8.77. The summed E-state index contributed by atoms with van der Waals surface area (Å²) in [4.78, 5) is 0. The van der Waals surface area contributed by atoms with Crippen LogP contribution in [0.1, 0.15) is 19.4 Å². The monoisotopic (exact) mass is 203 g/mol. The molecule has 3 heteroatoms. The maximum Gasteiger partial charge on any atom is 0.199 e. The van der Waals surface area contributed by atoms with Gasteiger partial charge in [-0.2, -0.15) is 0 Å². The van der Waals surface area contributed by atoms with Crippen molar-refractivity contribution in [3.05, 3.63) is 36.2 Å². The van der Waals surface area contributed by atoms with E-state index in [9.17, 15) is 0 Å². The molecule has 0 bridgehead atoms. The number of hydrogen-bond acceptors (Lipinski definition) is 1. The molecule has 1 aromatic rings. The van der Waals surface area contributed by atoms with Gasteiger partial charge < -0.3 is 4.74 Å². The van der Waals surface area contributed by atoms with Gasteiger partial charge in [-0.05, 0) is 31.1 Å². The fourth-order valence-electron chi connectivity index (χ4n) is 1.56. The molecule has 1 aliphatic rings. The number of rotatable bonds is 4. The third kappa shape index (κ3) is 1.91. The molecule has 3 nitrogen and oxygen atoms in total. The van der Waals surface area contributed by atoms with E-state index in [0.717, 1.165) is 18.1 Å². The zero-order valence-electron chi connectivity index (χ0n) is 9.10. The van der Waals surface area contributed by atoms with Crippen molar-refractivity contribution in [1.29, 1.82) is 0 Å². The van der Waals surface area contributed by atoms with Crippen molar-refractivity contribution in [2.24, 2.45) is 0 Å². The second-order valence-corrected chi connectivity index (χ2v) is 3.34. The maximum absolute atomic E-state index is 5.57. The van der Waals surface area contributed by atoms with Crippen LogP contribution in [-0.4, -0.2) is 11.2 Å². The smallest absolute Gasteiger partial charge is 0.199 e. The molecule has 0 amide bonds. The zero-order valence-corrected chi connectivity index (χ0v) is 9.10. The molecule has 79 valence electrons. The normalized spacial score (nSPS) is 13.9. The SMILES string of the molecule is CCOc1cc(CC)cn1C1=CC=C[N]1. The van der Waals surface area contributed by atoms with Crippen LogP contribution in [0.2, 0.25) is 0 Å². The van der Waals surface area contributed by atoms with Gasteiger partial charge >= 0.3 is 0 Å². The highest BCUT2D eigenvalue weighted by molar-refractivity contribution is 5.54. The molecule has 0 N–H and O–H groups in total. The van der Waals surface area contributed by atoms with Crippen LogP contribution in [0.4, 0.5) is 0 Å². The molecule has 1 aromatic heterocycles. The Morgan fingerprint density at radius 3 is 2.87 bits per heavy atom. The van der Waals surface area contributed by atoms with Crippen molar-refractivity contribution in [2.45, 2.75) is 20.3 Å². The molecule has 1 aliphatic heterocycles. The first kappa shape index (κ1) is 9.90. The summed E-state index contributed by atoms with van der Waals surface area (Å²) < 4.78 is 7.55. The largest absolute Gasteiger partial charge is 0.479 e. The molecule has 2 rings (SSSR count). The van der Waals surface area contributed by atoms with Crippen molar-refractivity contribution in [2.75, 3.05) is 6.61 Å². The Bertz CT molecular complexity index is 402. The van der Waals surface area contributed by atoms with Crippen molar-refractivity contribution < 1.29 is 4.74 Å². The average molecular weight is 203 g/mol. The second kappa shape index (κ2) is 4.26. The summed E-state index contributed by atoms with van der Waals surface area (Å²) in [5, 5.41) is 4.26. The number of nitrogens with zero attached hydrogens (tertiary/aromatic N) is 2. The molecule has 0 unspecified atom stereocenters. The van der Waals surface area contributed by atoms with Crippen LogP contribution in [-0.2, 0) is 6.42 Å². The first-order valence-corrected chi connectivity index (χ1v) is 5.27. The zero-order chi connectivity index (χ0) is 10.7. The Morgan fingerprint density at radius 1 is 1.40 bits per heavy atom. The molecule has 0 spiro atoms. The molecule has 0 aromatic carbocycles. The van der Waals surface area contributed by atoms with Crippen LogP contribution in [0.15, 0.2) is 30.6 Å². The lowest BCUT2D eigenvalue weighted by Gasteiger charge is -2.08. The first-order chi connectivity index (χ1) is 7.35. The Morgan fingerprint density at radius 2 is 2.27 bits per heavy atom. The van der Waals surface area contributed by atoms with Crippen LogP contribution >= 0.6 is 0 Å². The molecule has 15 heavy (non-hydrogen) atoms. The van der Waals surface area contributed by atoms with Gasteiger partial charge in [-0.3, -0.25) is 4.57 Å². The van der Waals surface area contributed by atoms with E-state index in [1.807, 2.05) is 23.6 Å². The minimum atomic E-state index is 0.674. The minimum Gasteiger partial charge on any atom is -0.479 e. The number of allylic oxidation sites excluding steroid dienone is 2. The standard InChI is InChI=1S/C12H15N2O/c1-3-10-8-12(15-4-2)14(9-10)11-6-5-7-13-11/h5-9H,3-4H2,1-2H3. The fourth-order valence-corrected chi connectivity index (χ4v) is 1.56. The molecular formula is C12H15N2O. The van der Waals surface area contributed by atoms with Gasteiger partial charge in [0.1, 0.15) is 5.82 Å². The topological polar surface area (TPSA) is 28.3 Å². The van der Waals surface area contributed by atoms with E-state index in [-0.39, 0.29) is 0 Å². The van der Waals surface area contributed by atoms with E-state index < -0.39 is 0 Å². The highest BCUT2D eigenvalue weighted by atomic mass is 16.5. The summed E-state index contributed by atoms with van der Waals surface area (Å²) in [5.41, 5.74) is 1.27. The molecule has 0 aliphatic carbocycles. The van der Waals surface area contributed by atoms with Gasteiger partial charge in [0.05, 0.1) is 6.61 Å². The van der Waals surface area contributed by atoms with Gasteiger partial charge in [0.25, 0.3) is 0 Å². The molecule has 2 heterocycles. The summed E-state index contributed by atoms with van der Waals surface area (Å²) in [7, 11) is 0. The predicted octanol–water partition coefficient (Wildman–Crippen LogP) is 2.38. The second-order valence-electron chi connectivity index (χ2n) is 3.34. The van der Waals surface area contributed by atoms with E-state index in [1.165, 1.54) is 5.56 Å². The third-order valence-corrected chi connectivity index (χ3v) is 2.33. The summed E-state index contributed by atoms with van der Waals surface area (Å²) >= 11 is 0. The summed E-state index contributed by atoms with van der Waals surface area (Å²) in [5.74, 6) is 1.78. The van der Waals surface area contributed by atoms with Gasteiger partial charge in [0.2, 0.25) is 0 Å². The number of aromatic nitrogens is 1. The van der Waals surface area contributed by atoms with E-state index in [0.29, 0.717) is 6.61 Å². The van der Waals surface area contributed by atoms with E-state index >= 15 is 0 Å². The van der Waals surface area contributed by atoms with E-state index in [4.69, 9.17) is 4.74 Å². The molecule has 1 radical (unpaired) electrons. The molecule has 0 atom stereocenters. The number of hydrogen-bond donors (Lipinski definition) is 0. The lowest BCUT2D eigenvalue weighted by Crippen LogP contribution is -2.04. The van der Waals surface area contributed by atoms with Crippen LogP contribution in [0.25, 0.3) is 5.82 Å². The van der Waals surface area contributed by atoms with Gasteiger partial charge in [-0.25, -0.2) is 5.32 Å². The molecular weight excluding hydrogens is 188 g/mol. The van der Waals surface area contributed by atoms with E-state index in [2.05, 4.69) is 24.5 Å². The average Bonchev–Trinajstić information content (AvgIpc) is 2.85. The van der Waals surface area contributed by atoms with Crippen molar-refractivity contribution >= 4 is 5.82 Å². The summed E-state index contributed by atoms with van der Waals surface area (Å²) in [6.45, 7) is 4.79. The Hall–Kier alpha value is -1.64. The third-order valence-electron chi connectivity index (χ3n) is 2.33. The van der Waals surface area contributed by atoms with Gasteiger partial charge in [-0.1, -0.05) is 6.92 Å². The van der Waals surface area contributed by atoms with Gasteiger partial charge in [0, 0.05) is 18.5 Å². The van der Waals surface area contributed by atoms with Crippen molar-refractivity contribution in [3.8, 4) is 5.88 Å². The van der Waals surface area contributed by atoms with Gasteiger partial charge in [-0.15, -0.1) is 0 Å². The van der Waals surface area contributed by atoms with Crippen LogP contribution in [0.5, 0.6) is 5.88 Å². The maximum atomic E-state index is 5.57. The van der Waals surface area contributed by atoms with Crippen LogP contribution in [0, 0.1) is 0 Å². The van der Waals surface area contributed by atoms with Crippen molar-refractivity contribution in [3.63, 3.8) is 0 Å². The van der Waals surface area contributed by atoms with E-state index in [1.54, 1.807) is 6.20 Å². The highest BCUT2D eigenvalue weighted by Crippen LogP contribution is 2.23. The van der Waals surface area contributed by atoms with Crippen LogP contribution in [0.3, 0.4) is 0 Å². The minimum absolute atomic E-state index is 0.674. The molecule has 0 fully saturated rings. The Kier molecular flexibility index (Phi) is 2.81. The van der Waals surface area contributed by atoms with Crippen molar-refractivity contribution in [1.82, 2.24) is 9.88 Å². The lowest BCUT2D eigenvalue weighted by molar-refractivity contribution is 0.321. The van der Waals surface area contributed by atoms with Gasteiger partial charge in [0.15, 0.2) is 5.88 Å².